The van der Waals surface area contributed by atoms with Gasteiger partial charge in [-0.25, -0.2) is 9.59 Å². The van der Waals surface area contributed by atoms with Gasteiger partial charge in [-0.2, -0.15) is 0 Å². The monoisotopic (exact) mass is 585 g/mol. The highest BCUT2D eigenvalue weighted by molar-refractivity contribution is 6.30. The fourth-order valence-electron chi connectivity index (χ4n) is 4.97. The van der Waals surface area contributed by atoms with Crippen LogP contribution in [0.4, 0.5) is 21.0 Å². The molecule has 216 valence electrons. The summed E-state index contributed by atoms with van der Waals surface area (Å²) in [7, 11) is 1.23. The largest absolute Gasteiger partial charge is 0.453 e. The lowest BCUT2D eigenvalue weighted by atomic mass is 9.90. The summed E-state index contributed by atoms with van der Waals surface area (Å²) in [5.41, 5.74) is 0.670. The number of rotatable bonds is 7. The van der Waals surface area contributed by atoms with Crippen LogP contribution in [0, 0.1) is 0 Å². The van der Waals surface area contributed by atoms with Crippen LogP contribution in [0.5, 0.6) is 0 Å². The van der Waals surface area contributed by atoms with Gasteiger partial charge in [0.25, 0.3) is 5.91 Å². The van der Waals surface area contributed by atoms with Crippen molar-refractivity contribution in [2.45, 2.75) is 30.5 Å². The van der Waals surface area contributed by atoms with Gasteiger partial charge in [0.05, 0.1) is 45.0 Å². The Morgan fingerprint density at radius 1 is 1.17 bits per heavy atom. The van der Waals surface area contributed by atoms with E-state index in [2.05, 4.69) is 26.0 Å². The highest BCUT2D eigenvalue weighted by atomic mass is 35.5. The quantitative estimate of drug-likeness (QED) is 0.384. The predicted molar refractivity (Wildman–Crippen MR) is 146 cm³/mol. The zero-order valence-corrected chi connectivity index (χ0v) is 22.8. The third kappa shape index (κ3) is 6.20. The van der Waals surface area contributed by atoms with Gasteiger partial charge in [-0.1, -0.05) is 11.6 Å². The molecule has 2 aromatic rings. The second-order valence-electron chi connectivity index (χ2n) is 9.93. The SMILES string of the molecule is COC(=O)Nc1ccc(C(=O)N[C@@H](CC(=O)NC2COC2)C(=O)N2CC[C@@]3(C2)OC(=O)Nc2ccc(Cl)cc23)cc1. The summed E-state index contributed by atoms with van der Waals surface area (Å²) in [6.07, 6.45) is -1.31. The van der Waals surface area contributed by atoms with Crippen molar-refractivity contribution in [3.8, 4) is 0 Å². The van der Waals surface area contributed by atoms with E-state index < -0.39 is 41.6 Å². The first-order valence-electron chi connectivity index (χ1n) is 12.9. The molecule has 2 fully saturated rings. The lowest BCUT2D eigenvalue weighted by molar-refractivity contribution is -0.136. The molecule has 3 heterocycles. The Labute approximate surface area is 239 Å². The summed E-state index contributed by atoms with van der Waals surface area (Å²) in [4.78, 5) is 64.9. The molecular formula is C27H28ClN5O8. The van der Waals surface area contributed by atoms with E-state index in [4.69, 9.17) is 21.1 Å². The van der Waals surface area contributed by atoms with Crippen LogP contribution in [0.1, 0.15) is 28.8 Å². The maximum atomic E-state index is 13.8. The summed E-state index contributed by atoms with van der Waals surface area (Å²) in [6, 6.07) is 9.59. The standard InChI is InChI=1S/C27H28ClN5O8/c1-39-25(37)30-17-5-2-15(3-6-17)23(35)31-21(11-22(34)29-18-12-40-13-18)24(36)33-9-8-27(14-33)19-10-16(28)4-7-20(19)32-26(38)41-27/h2-7,10,18,21H,8-9,11-14H2,1H3,(H,29,34)(H,30,37)(H,31,35)(H,32,38)/t21-,27-/m0/s1. The lowest BCUT2D eigenvalue weighted by Gasteiger charge is -2.35. The van der Waals surface area contributed by atoms with Crippen LogP contribution in [0.2, 0.25) is 5.02 Å². The third-order valence-electron chi connectivity index (χ3n) is 7.12. The molecule has 5 rings (SSSR count). The number of amides is 5. The summed E-state index contributed by atoms with van der Waals surface area (Å²) >= 11 is 6.22. The Hall–Kier alpha value is -4.36. The average molecular weight is 586 g/mol. The molecule has 2 aromatic carbocycles. The highest BCUT2D eigenvalue weighted by Crippen LogP contribution is 2.43. The topological polar surface area (TPSA) is 164 Å². The van der Waals surface area contributed by atoms with Crippen LogP contribution in [0.15, 0.2) is 42.5 Å². The van der Waals surface area contributed by atoms with Gasteiger partial charge in [-0.15, -0.1) is 0 Å². The van der Waals surface area contributed by atoms with Crippen LogP contribution < -0.4 is 21.3 Å². The van der Waals surface area contributed by atoms with Gasteiger partial charge in [-0.3, -0.25) is 25.0 Å². The number of ether oxygens (including phenoxy) is 3. The Morgan fingerprint density at radius 3 is 2.61 bits per heavy atom. The number of fused-ring (bicyclic) bond motifs is 2. The van der Waals surface area contributed by atoms with Crippen molar-refractivity contribution in [3.05, 3.63) is 58.6 Å². The van der Waals surface area contributed by atoms with E-state index in [1.807, 2.05) is 0 Å². The molecule has 13 nitrogen and oxygen atoms in total. The van der Waals surface area contributed by atoms with Crippen molar-refractivity contribution in [2.75, 3.05) is 44.0 Å². The van der Waals surface area contributed by atoms with Crippen molar-refractivity contribution in [1.82, 2.24) is 15.5 Å². The number of hydrogen-bond acceptors (Lipinski definition) is 8. The van der Waals surface area contributed by atoms with Crippen molar-refractivity contribution in [3.63, 3.8) is 0 Å². The van der Waals surface area contributed by atoms with Crippen LogP contribution in [-0.2, 0) is 29.4 Å². The molecule has 0 aromatic heterocycles. The molecule has 3 aliphatic rings. The van der Waals surface area contributed by atoms with Crippen LogP contribution >= 0.6 is 11.6 Å². The van der Waals surface area contributed by atoms with Gasteiger partial charge < -0.3 is 29.7 Å². The molecule has 2 atom stereocenters. The van der Waals surface area contributed by atoms with Gasteiger partial charge in [0, 0.05) is 34.8 Å². The van der Waals surface area contributed by atoms with Crippen molar-refractivity contribution >= 4 is 52.9 Å². The van der Waals surface area contributed by atoms with E-state index in [1.54, 1.807) is 18.2 Å². The summed E-state index contributed by atoms with van der Waals surface area (Å²) < 4.78 is 15.4. The van der Waals surface area contributed by atoms with Gasteiger partial charge in [0.1, 0.15) is 6.04 Å². The van der Waals surface area contributed by atoms with Gasteiger partial charge in [0.15, 0.2) is 5.60 Å². The minimum Gasteiger partial charge on any atom is -0.453 e. The van der Waals surface area contributed by atoms with E-state index in [1.165, 1.54) is 36.3 Å². The molecule has 0 bridgehead atoms. The maximum Gasteiger partial charge on any atom is 0.412 e. The lowest BCUT2D eigenvalue weighted by Crippen LogP contribution is -2.54. The first-order chi connectivity index (χ1) is 19.7. The number of likely N-dealkylation sites (tertiary alicyclic amines) is 1. The van der Waals surface area contributed by atoms with Crippen molar-refractivity contribution in [1.29, 1.82) is 0 Å². The molecule has 2 saturated heterocycles. The fraction of sp³-hybridized carbons (Fsp3) is 0.370. The minimum atomic E-state index is -1.21. The first kappa shape index (κ1) is 28.2. The average Bonchev–Trinajstić information content (AvgIpc) is 3.34. The second kappa shape index (κ2) is 11.6. The second-order valence-corrected chi connectivity index (χ2v) is 10.4. The van der Waals surface area contributed by atoms with Crippen molar-refractivity contribution < 1.29 is 38.2 Å². The molecule has 14 heteroatoms. The fourth-order valence-corrected chi connectivity index (χ4v) is 5.14. The Kier molecular flexibility index (Phi) is 7.99. The molecule has 0 radical (unpaired) electrons. The first-order valence-corrected chi connectivity index (χ1v) is 13.3. The van der Waals surface area contributed by atoms with Crippen LogP contribution in [0.25, 0.3) is 0 Å². The van der Waals surface area contributed by atoms with Gasteiger partial charge in [0.2, 0.25) is 11.8 Å². The molecule has 0 aliphatic carbocycles. The number of benzene rings is 2. The summed E-state index contributed by atoms with van der Waals surface area (Å²) in [5.74, 6) is -1.52. The number of carbonyl (C=O) groups is 5. The molecule has 3 aliphatic heterocycles. The maximum absolute atomic E-state index is 13.8. The zero-order valence-electron chi connectivity index (χ0n) is 22.0. The number of anilines is 2. The molecular weight excluding hydrogens is 558 g/mol. The van der Waals surface area contributed by atoms with E-state index >= 15 is 0 Å². The summed E-state index contributed by atoms with van der Waals surface area (Å²) in [6.45, 7) is 0.985. The van der Waals surface area contributed by atoms with E-state index in [0.29, 0.717) is 41.6 Å². The van der Waals surface area contributed by atoms with Crippen molar-refractivity contribution in [2.24, 2.45) is 0 Å². The predicted octanol–water partition coefficient (Wildman–Crippen LogP) is 2.21. The Morgan fingerprint density at radius 2 is 1.93 bits per heavy atom. The van der Waals surface area contributed by atoms with Crippen LogP contribution in [-0.4, -0.2) is 80.3 Å². The minimum absolute atomic E-state index is 0.0188. The highest BCUT2D eigenvalue weighted by Gasteiger charge is 2.49. The number of halogens is 1. The number of hydrogen-bond donors (Lipinski definition) is 4. The number of methoxy groups -OCH3 is 1. The summed E-state index contributed by atoms with van der Waals surface area (Å²) in [5, 5.41) is 11.0. The molecule has 4 N–H and O–H groups in total. The smallest absolute Gasteiger partial charge is 0.412 e. The van der Waals surface area contributed by atoms with E-state index in [-0.39, 0.29) is 31.1 Å². The molecule has 5 amide bonds. The molecule has 1 spiro atoms. The number of carbonyl (C=O) groups excluding carboxylic acids is 5. The number of nitrogens with zero attached hydrogens (tertiary/aromatic N) is 1. The molecule has 0 unspecified atom stereocenters. The van der Waals surface area contributed by atoms with Gasteiger partial charge in [-0.05, 0) is 42.5 Å². The Bertz CT molecular complexity index is 1380. The van der Waals surface area contributed by atoms with E-state index in [0.717, 1.165) is 0 Å². The normalized spacial score (nSPS) is 20.1. The molecule has 41 heavy (non-hydrogen) atoms. The van der Waals surface area contributed by atoms with Crippen LogP contribution in [0.3, 0.4) is 0 Å². The van der Waals surface area contributed by atoms with Gasteiger partial charge >= 0.3 is 12.2 Å². The molecule has 0 saturated carbocycles. The Balaban J connectivity index is 1.33. The number of nitrogens with one attached hydrogen (secondary N) is 4. The zero-order chi connectivity index (χ0) is 29.1. The van der Waals surface area contributed by atoms with E-state index in [9.17, 15) is 24.0 Å². The third-order valence-corrected chi connectivity index (χ3v) is 7.35.